The highest BCUT2D eigenvalue weighted by atomic mass is 16.5. The van der Waals surface area contributed by atoms with E-state index in [0.717, 1.165) is 12.3 Å². The van der Waals surface area contributed by atoms with Crippen LogP contribution in [0.2, 0.25) is 0 Å². The van der Waals surface area contributed by atoms with E-state index in [0.29, 0.717) is 0 Å². The third kappa shape index (κ3) is 2.00. The molecule has 0 unspecified atom stereocenters. The van der Waals surface area contributed by atoms with Gasteiger partial charge < -0.3 is 4.74 Å². The fraction of sp³-hybridized carbons (Fsp3) is 0.105. The van der Waals surface area contributed by atoms with E-state index in [1.807, 2.05) is 12.1 Å². The summed E-state index contributed by atoms with van der Waals surface area (Å²) in [4.78, 5) is 0. The van der Waals surface area contributed by atoms with Gasteiger partial charge in [0.1, 0.15) is 5.75 Å². The number of rotatable bonds is 2. The molecular formula is C19H16NO+. The number of ether oxygens (including phenoxy) is 1. The fourth-order valence-corrected chi connectivity index (χ4v) is 3.03. The summed E-state index contributed by atoms with van der Waals surface area (Å²) in [5, 5.41) is 2.69. The minimum atomic E-state index is 0.887. The van der Waals surface area contributed by atoms with E-state index in [2.05, 4.69) is 59.3 Å². The molecule has 3 aromatic rings. The molecule has 0 fully saturated rings. The van der Waals surface area contributed by atoms with Crippen molar-refractivity contribution in [2.45, 2.75) is 6.54 Å². The van der Waals surface area contributed by atoms with E-state index in [4.69, 9.17) is 4.74 Å². The summed E-state index contributed by atoms with van der Waals surface area (Å²) in [6, 6.07) is 21.2. The van der Waals surface area contributed by atoms with Crippen molar-refractivity contribution in [2.24, 2.45) is 0 Å². The molecule has 0 radical (unpaired) electrons. The van der Waals surface area contributed by atoms with Crippen LogP contribution in [0.4, 0.5) is 5.69 Å². The minimum absolute atomic E-state index is 0.887. The zero-order valence-electron chi connectivity index (χ0n) is 11.9. The zero-order valence-corrected chi connectivity index (χ0v) is 11.9. The highest BCUT2D eigenvalue weighted by molar-refractivity contribution is 6.01. The fourth-order valence-electron chi connectivity index (χ4n) is 3.03. The lowest BCUT2D eigenvalue weighted by Crippen LogP contribution is -2.13. The van der Waals surface area contributed by atoms with Crippen molar-refractivity contribution < 1.29 is 9.31 Å². The number of benzene rings is 3. The van der Waals surface area contributed by atoms with E-state index in [-0.39, 0.29) is 0 Å². The van der Waals surface area contributed by atoms with E-state index < -0.39 is 0 Å². The highest BCUT2D eigenvalue weighted by Crippen LogP contribution is 2.28. The van der Waals surface area contributed by atoms with Crippen molar-refractivity contribution in [1.29, 1.82) is 0 Å². The van der Waals surface area contributed by atoms with Crippen molar-refractivity contribution in [3.8, 4) is 5.75 Å². The number of hydrogen-bond acceptors (Lipinski definition) is 1. The molecule has 0 spiro atoms. The van der Waals surface area contributed by atoms with Crippen molar-refractivity contribution in [3.63, 3.8) is 0 Å². The molecule has 3 aromatic carbocycles. The van der Waals surface area contributed by atoms with Gasteiger partial charge in [-0.15, -0.1) is 0 Å². The molecular weight excluding hydrogens is 258 g/mol. The number of nitrogens with zero attached hydrogens (tertiary/aromatic N) is 1. The maximum absolute atomic E-state index is 5.23. The standard InChI is InChI=1S/C19H16NO/c1-21-18-10-8-17(9-11-18)20-12-15-6-2-4-14-5-3-7-16(13-20)19(14)15/h2-12H,13H2,1H3/q+1. The quantitative estimate of drug-likeness (QED) is 0.640. The van der Waals surface area contributed by atoms with Gasteiger partial charge in [-0.1, -0.05) is 30.3 Å². The van der Waals surface area contributed by atoms with E-state index in [9.17, 15) is 0 Å². The van der Waals surface area contributed by atoms with Gasteiger partial charge in [-0.25, -0.2) is 0 Å². The molecule has 0 bridgehead atoms. The molecule has 4 rings (SSSR count). The summed E-state index contributed by atoms with van der Waals surface area (Å²) in [6.45, 7) is 0.903. The lowest BCUT2D eigenvalue weighted by Gasteiger charge is -2.13. The minimum Gasteiger partial charge on any atom is -0.497 e. The summed E-state index contributed by atoms with van der Waals surface area (Å²) in [5.74, 6) is 0.887. The second-order valence-corrected chi connectivity index (χ2v) is 5.32. The lowest BCUT2D eigenvalue weighted by molar-refractivity contribution is -0.453. The smallest absolute Gasteiger partial charge is 0.205 e. The average Bonchev–Trinajstić information content (AvgIpc) is 2.55. The third-order valence-electron chi connectivity index (χ3n) is 4.06. The molecule has 0 N–H and O–H groups in total. The van der Waals surface area contributed by atoms with Gasteiger partial charge >= 0.3 is 0 Å². The van der Waals surface area contributed by atoms with E-state index >= 15 is 0 Å². The van der Waals surface area contributed by atoms with Crippen LogP contribution in [0.1, 0.15) is 11.1 Å². The van der Waals surface area contributed by atoms with Gasteiger partial charge in [0.2, 0.25) is 5.69 Å². The Morgan fingerprint density at radius 3 is 2.43 bits per heavy atom. The Kier molecular flexibility index (Phi) is 2.74. The Labute approximate surface area is 123 Å². The number of methoxy groups -OCH3 is 1. The van der Waals surface area contributed by atoms with Crippen LogP contribution in [0.5, 0.6) is 5.75 Å². The van der Waals surface area contributed by atoms with Crippen molar-refractivity contribution in [2.75, 3.05) is 7.11 Å². The maximum Gasteiger partial charge on any atom is 0.205 e. The van der Waals surface area contributed by atoms with Crippen molar-refractivity contribution in [1.82, 2.24) is 0 Å². The first-order valence-corrected chi connectivity index (χ1v) is 7.11. The van der Waals surface area contributed by atoms with Crippen LogP contribution in [-0.4, -0.2) is 17.9 Å². The van der Waals surface area contributed by atoms with Crippen LogP contribution >= 0.6 is 0 Å². The van der Waals surface area contributed by atoms with Gasteiger partial charge in [-0.05, 0) is 23.6 Å². The molecule has 21 heavy (non-hydrogen) atoms. The Balaban J connectivity index is 1.85. The van der Waals surface area contributed by atoms with Crippen molar-refractivity contribution >= 4 is 22.7 Å². The van der Waals surface area contributed by atoms with Crippen LogP contribution in [0, 0.1) is 0 Å². The highest BCUT2D eigenvalue weighted by Gasteiger charge is 2.19. The predicted molar refractivity (Wildman–Crippen MR) is 85.7 cm³/mol. The summed E-state index contributed by atoms with van der Waals surface area (Å²) < 4.78 is 7.52. The molecule has 0 aromatic heterocycles. The van der Waals surface area contributed by atoms with Gasteiger partial charge in [-0.2, -0.15) is 4.58 Å². The molecule has 102 valence electrons. The molecule has 1 aliphatic heterocycles. The van der Waals surface area contributed by atoms with E-state index in [1.165, 1.54) is 27.6 Å². The predicted octanol–water partition coefficient (Wildman–Crippen LogP) is 4.13. The lowest BCUT2D eigenvalue weighted by atomic mass is 9.97. The van der Waals surface area contributed by atoms with E-state index in [1.54, 1.807) is 7.11 Å². The van der Waals surface area contributed by atoms with Gasteiger partial charge in [0.25, 0.3) is 0 Å². The number of hydrogen-bond donors (Lipinski definition) is 0. The van der Waals surface area contributed by atoms with Gasteiger partial charge in [0, 0.05) is 28.6 Å². The normalized spacial score (nSPS) is 13.1. The SMILES string of the molecule is COc1ccc([N+]2=Cc3cccc4cccc(c34)C2)cc1. The summed E-state index contributed by atoms with van der Waals surface area (Å²) in [7, 11) is 1.69. The Morgan fingerprint density at radius 1 is 0.905 bits per heavy atom. The van der Waals surface area contributed by atoms with Crippen LogP contribution in [0.15, 0.2) is 60.7 Å². The molecule has 0 atom stereocenters. The Morgan fingerprint density at radius 2 is 1.67 bits per heavy atom. The van der Waals surface area contributed by atoms with Crippen LogP contribution in [-0.2, 0) is 6.54 Å². The third-order valence-corrected chi connectivity index (χ3v) is 4.06. The maximum atomic E-state index is 5.23. The molecule has 0 saturated carbocycles. The largest absolute Gasteiger partial charge is 0.497 e. The van der Waals surface area contributed by atoms with Crippen LogP contribution in [0.3, 0.4) is 0 Å². The average molecular weight is 274 g/mol. The summed E-state index contributed by atoms with van der Waals surface area (Å²) in [6.07, 6.45) is 2.23. The zero-order chi connectivity index (χ0) is 14.2. The molecule has 0 aliphatic carbocycles. The topological polar surface area (TPSA) is 12.2 Å². The monoisotopic (exact) mass is 274 g/mol. The van der Waals surface area contributed by atoms with Gasteiger partial charge in [0.15, 0.2) is 12.8 Å². The Hall–Kier alpha value is -2.61. The first-order valence-electron chi connectivity index (χ1n) is 7.11. The summed E-state index contributed by atoms with van der Waals surface area (Å²) in [5.41, 5.74) is 3.84. The second kappa shape index (κ2) is 4.74. The van der Waals surface area contributed by atoms with Gasteiger partial charge in [-0.3, -0.25) is 0 Å². The molecule has 0 saturated heterocycles. The molecule has 1 aliphatic rings. The Bertz CT molecular complexity index is 842. The van der Waals surface area contributed by atoms with Crippen LogP contribution in [0.25, 0.3) is 10.8 Å². The van der Waals surface area contributed by atoms with Crippen molar-refractivity contribution in [3.05, 3.63) is 71.8 Å². The van der Waals surface area contributed by atoms with Gasteiger partial charge in [0.05, 0.1) is 7.11 Å². The first kappa shape index (κ1) is 12.2. The molecule has 2 heteroatoms. The second-order valence-electron chi connectivity index (χ2n) is 5.32. The first-order chi connectivity index (χ1) is 10.3. The molecule has 0 amide bonds. The molecule has 2 nitrogen and oxygen atoms in total. The summed E-state index contributed by atoms with van der Waals surface area (Å²) >= 11 is 0. The molecule has 1 heterocycles. The van der Waals surface area contributed by atoms with Crippen LogP contribution < -0.4 is 4.74 Å².